The maximum Gasteiger partial charge on any atom is 0.409 e. The van der Waals surface area contributed by atoms with Gasteiger partial charge in [-0.05, 0) is 58.7 Å². The predicted octanol–water partition coefficient (Wildman–Crippen LogP) is 5.74. The Morgan fingerprint density at radius 1 is 0.850 bits per heavy atom. The molecule has 0 radical (unpaired) electrons. The molecule has 2 fully saturated rings. The lowest BCUT2D eigenvalue weighted by Gasteiger charge is -2.42. The van der Waals surface area contributed by atoms with Crippen molar-refractivity contribution in [2.45, 2.75) is 6.04 Å². The van der Waals surface area contributed by atoms with Crippen LogP contribution in [0.15, 0.2) is 78.4 Å². The van der Waals surface area contributed by atoms with E-state index in [0.29, 0.717) is 59.8 Å². The highest BCUT2D eigenvalue weighted by atomic mass is 35.5. The van der Waals surface area contributed by atoms with Gasteiger partial charge in [0.1, 0.15) is 0 Å². The molecule has 0 atom stereocenters. The van der Waals surface area contributed by atoms with E-state index in [9.17, 15) is 13.2 Å². The van der Waals surface area contributed by atoms with Gasteiger partial charge in [0.15, 0.2) is 9.84 Å². The van der Waals surface area contributed by atoms with Crippen LogP contribution in [0.3, 0.4) is 0 Å². The number of carbonyl (C=O) groups excluding carboxylic acids is 1. The summed E-state index contributed by atoms with van der Waals surface area (Å²) < 4.78 is 31.1. The monoisotopic (exact) mass is 599 g/mol. The zero-order valence-electron chi connectivity index (χ0n) is 22.4. The molecule has 0 aliphatic carbocycles. The van der Waals surface area contributed by atoms with Crippen molar-refractivity contribution in [1.29, 1.82) is 0 Å². The van der Waals surface area contributed by atoms with Crippen LogP contribution in [-0.4, -0.2) is 76.9 Å². The SMILES string of the molecule is COC(=O)N1CCN(c2cccc(C(=C3CN(C(c4ccc(Cl)cc4)c4ccc(Cl)cc4)C3)S(C)(=O)=O)c2)CC1. The number of anilines is 1. The van der Waals surface area contributed by atoms with E-state index in [2.05, 4.69) is 9.80 Å². The Morgan fingerprint density at radius 3 is 1.90 bits per heavy atom. The first-order valence-corrected chi connectivity index (χ1v) is 15.6. The molecule has 2 heterocycles. The fourth-order valence-corrected chi connectivity index (χ4v) is 6.94. The minimum Gasteiger partial charge on any atom is -0.453 e. The van der Waals surface area contributed by atoms with Gasteiger partial charge < -0.3 is 14.5 Å². The van der Waals surface area contributed by atoms with E-state index in [0.717, 1.165) is 22.4 Å². The number of ether oxygens (including phenoxy) is 1. The van der Waals surface area contributed by atoms with Crippen molar-refractivity contribution in [3.8, 4) is 0 Å². The molecule has 3 aromatic carbocycles. The summed E-state index contributed by atoms with van der Waals surface area (Å²) in [5.41, 5.74) is 4.63. The number of amides is 1. The third kappa shape index (κ3) is 6.15. The van der Waals surface area contributed by atoms with Crippen LogP contribution in [0.5, 0.6) is 0 Å². The second-order valence-corrected chi connectivity index (χ2v) is 12.9. The van der Waals surface area contributed by atoms with Gasteiger partial charge in [-0.3, -0.25) is 4.90 Å². The fourth-order valence-electron chi connectivity index (χ4n) is 5.47. The molecular weight excluding hydrogens is 569 g/mol. The highest BCUT2D eigenvalue weighted by Crippen LogP contribution is 2.39. The van der Waals surface area contributed by atoms with Crippen LogP contribution in [0.1, 0.15) is 22.7 Å². The van der Waals surface area contributed by atoms with Crippen molar-refractivity contribution in [3.05, 3.63) is 105 Å². The fraction of sp³-hybridized carbons (Fsp3) is 0.300. The standard InChI is InChI=1S/C30H31Cl2N3O4S/c1-39-30(36)34-16-14-33(15-17-34)27-5-3-4-23(18-27)29(40(2,37)38)24-19-35(20-24)28(21-6-10-25(31)11-7-21)22-8-12-26(32)13-9-22/h3-13,18,28H,14-17,19-20H2,1-2H3. The maximum absolute atomic E-state index is 13.1. The molecule has 0 saturated carbocycles. The lowest BCUT2D eigenvalue weighted by Crippen LogP contribution is -2.48. The molecule has 40 heavy (non-hydrogen) atoms. The van der Waals surface area contributed by atoms with E-state index >= 15 is 0 Å². The van der Waals surface area contributed by atoms with Crippen LogP contribution in [-0.2, 0) is 14.6 Å². The third-order valence-electron chi connectivity index (χ3n) is 7.40. The molecule has 0 spiro atoms. The Morgan fingerprint density at radius 2 is 1.40 bits per heavy atom. The summed E-state index contributed by atoms with van der Waals surface area (Å²) in [4.78, 5) is 18.3. The molecule has 0 aromatic heterocycles. The van der Waals surface area contributed by atoms with E-state index < -0.39 is 9.84 Å². The number of hydrogen-bond donors (Lipinski definition) is 0. The molecule has 5 rings (SSSR count). The summed E-state index contributed by atoms with van der Waals surface area (Å²) in [5.74, 6) is 0. The lowest BCUT2D eigenvalue weighted by molar-refractivity contribution is 0.121. The van der Waals surface area contributed by atoms with Crippen LogP contribution in [0, 0.1) is 0 Å². The van der Waals surface area contributed by atoms with Gasteiger partial charge in [-0.1, -0.05) is 59.6 Å². The Hall–Kier alpha value is -3.04. The number of rotatable bonds is 6. The van der Waals surface area contributed by atoms with Gasteiger partial charge in [-0.25, -0.2) is 13.2 Å². The molecule has 10 heteroatoms. The Bertz CT molecular complexity index is 1460. The maximum atomic E-state index is 13.1. The molecule has 3 aromatic rings. The second kappa shape index (κ2) is 11.8. The van der Waals surface area contributed by atoms with Crippen molar-refractivity contribution in [2.24, 2.45) is 0 Å². The minimum absolute atomic E-state index is 0.0727. The lowest BCUT2D eigenvalue weighted by atomic mass is 9.92. The van der Waals surface area contributed by atoms with Crippen LogP contribution >= 0.6 is 23.2 Å². The summed E-state index contributed by atoms with van der Waals surface area (Å²) in [6.07, 6.45) is 0.943. The van der Waals surface area contributed by atoms with E-state index in [1.165, 1.54) is 13.4 Å². The molecule has 0 bridgehead atoms. The second-order valence-electron chi connectivity index (χ2n) is 10.1. The van der Waals surface area contributed by atoms with E-state index in [-0.39, 0.29) is 12.1 Å². The molecular formula is C30H31Cl2N3O4S. The summed E-state index contributed by atoms with van der Waals surface area (Å²) in [7, 11) is -2.13. The number of likely N-dealkylation sites (tertiary alicyclic amines) is 1. The number of benzene rings is 3. The summed E-state index contributed by atoms with van der Waals surface area (Å²) >= 11 is 12.3. The molecule has 1 amide bonds. The Labute approximate surface area is 245 Å². The smallest absolute Gasteiger partial charge is 0.409 e. The van der Waals surface area contributed by atoms with Crippen molar-refractivity contribution in [2.75, 3.05) is 57.5 Å². The van der Waals surface area contributed by atoms with Crippen LogP contribution in [0.4, 0.5) is 10.5 Å². The first-order chi connectivity index (χ1) is 19.1. The summed E-state index contributed by atoms with van der Waals surface area (Å²) in [6.45, 7) is 3.40. The summed E-state index contributed by atoms with van der Waals surface area (Å²) in [5, 5.41) is 1.32. The topological polar surface area (TPSA) is 70.2 Å². The molecule has 210 valence electrons. The van der Waals surface area contributed by atoms with E-state index in [4.69, 9.17) is 27.9 Å². The highest BCUT2D eigenvalue weighted by Gasteiger charge is 2.35. The van der Waals surface area contributed by atoms with Gasteiger partial charge >= 0.3 is 6.09 Å². The highest BCUT2D eigenvalue weighted by molar-refractivity contribution is 8.00. The Kier molecular flexibility index (Phi) is 8.42. The van der Waals surface area contributed by atoms with Gasteiger partial charge in [-0.15, -0.1) is 0 Å². The molecule has 0 N–H and O–H groups in total. The van der Waals surface area contributed by atoms with Crippen molar-refractivity contribution in [1.82, 2.24) is 9.80 Å². The number of piperazine rings is 1. The molecule has 7 nitrogen and oxygen atoms in total. The number of sulfone groups is 1. The first-order valence-electron chi connectivity index (χ1n) is 13.0. The Balaban J connectivity index is 1.42. The average molecular weight is 601 g/mol. The normalized spacial score (nSPS) is 16.2. The number of hydrogen-bond acceptors (Lipinski definition) is 6. The molecule has 2 saturated heterocycles. The van der Waals surface area contributed by atoms with E-state index in [1.54, 1.807) is 4.90 Å². The van der Waals surface area contributed by atoms with Crippen LogP contribution in [0.25, 0.3) is 4.91 Å². The van der Waals surface area contributed by atoms with Gasteiger partial charge in [0.25, 0.3) is 0 Å². The van der Waals surface area contributed by atoms with Crippen molar-refractivity contribution >= 4 is 49.7 Å². The largest absolute Gasteiger partial charge is 0.453 e. The van der Waals surface area contributed by atoms with Gasteiger partial charge in [0.05, 0.1) is 18.1 Å². The zero-order valence-corrected chi connectivity index (χ0v) is 24.7. The number of nitrogens with zero attached hydrogens (tertiary/aromatic N) is 3. The quantitative estimate of drug-likeness (QED) is 0.360. The number of methoxy groups -OCH3 is 1. The van der Waals surface area contributed by atoms with Gasteiger partial charge in [-0.2, -0.15) is 0 Å². The third-order valence-corrected chi connectivity index (χ3v) is 9.17. The van der Waals surface area contributed by atoms with Gasteiger partial charge in [0.2, 0.25) is 0 Å². The van der Waals surface area contributed by atoms with Crippen LogP contribution < -0.4 is 4.90 Å². The van der Waals surface area contributed by atoms with Crippen molar-refractivity contribution < 1.29 is 17.9 Å². The average Bonchev–Trinajstić information content (AvgIpc) is 2.92. The van der Waals surface area contributed by atoms with E-state index in [1.807, 2.05) is 72.8 Å². The minimum atomic E-state index is -3.51. The van der Waals surface area contributed by atoms with Crippen LogP contribution in [0.2, 0.25) is 10.0 Å². The molecule has 2 aliphatic heterocycles. The molecule has 2 aliphatic rings. The van der Waals surface area contributed by atoms with Crippen molar-refractivity contribution in [3.63, 3.8) is 0 Å². The van der Waals surface area contributed by atoms with Gasteiger partial charge in [0, 0.05) is 61.3 Å². The molecule has 0 unspecified atom stereocenters. The number of halogens is 2. The number of carbonyl (C=O) groups is 1. The first kappa shape index (κ1) is 28.5. The zero-order chi connectivity index (χ0) is 28.4. The predicted molar refractivity (Wildman–Crippen MR) is 161 cm³/mol. The summed E-state index contributed by atoms with van der Waals surface area (Å²) in [6, 6.07) is 23.1.